The fourth-order valence-corrected chi connectivity index (χ4v) is 3.15. The molecule has 0 aliphatic heterocycles. The van der Waals surface area contributed by atoms with Crippen molar-refractivity contribution in [1.29, 1.82) is 0 Å². The van der Waals surface area contributed by atoms with E-state index >= 15 is 0 Å². The van der Waals surface area contributed by atoms with Gasteiger partial charge in [0.15, 0.2) is 6.10 Å². The van der Waals surface area contributed by atoms with E-state index < -0.39 is 12.2 Å². The zero-order chi connectivity index (χ0) is 21.3. The van der Waals surface area contributed by atoms with Gasteiger partial charge in [0.1, 0.15) is 5.75 Å². The average Bonchev–Trinajstić information content (AvgIpc) is 2.78. The third kappa shape index (κ3) is 5.61. The van der Waals surface area contributed by atoms with Gasteiger partial charge in [0.2, 0.25) is 0 Å². The molecule has 0 aromatic heterocycles. The number of nitrogens with zero attached hydrogens (tertiary/aromatic N) is 1. The molecule has 30 heavy (non-hydrogen) atoms. The number of nitrogens with two attached hydrogens (primary N) is 1. The van der Waals surface area contributed by atoms with Crippen molar-refractivity contribution in [2.45, 2.75) is 19.1 Å². The van der Waals surface area contributed by atoms with E-state index in [9.17, 15) is 9.59 Å². The molecule has 3 aromatic rings. The highest BCUT2D eigenvalue weighted by Crippen LogP contribution is 2.23. The second kappa shape index (κ2) is 10.1. The predicted octanol–water partition coefficient (Wildman–Crippen LogP) is 3.94. The maximum Gasteiger partial charge on any atom is 0.405 e. The number of carbonyl (C=O) groups excluding carboxylic acids is 2. The minimum absolute atomic E-state index is 0.226. The van der Waals surface area contributed by atoms with Gasteiger partial charge in [-0.1, -0.05) is 60.7 Å². The Morgan fingerprint density at radius 3 is 1.97 bits per heavy atom. The van der Waals surface area contributed by atoms with Crippen LogP contribution in [0.25, 0.3) is 0 Å². The Balaban J connectivity index is 1.93. The molecule has 3 aromatic carbocycles. The molecular weight excluding hydrogens is 380 g/mol. The quantitative estimate of drug-likeness (QED) is 0.617. The van der Waals surface area contributed by atoms with Crippen molar-refractivity contribution >= 4 is 17.7 Å². The maximum absolute atomic E-state index is 13.5. The van der Waals surface area contributed by atoms with Crippen LogP contribution in [-0.4, -0.2) is 25.2 Å². The summed E-state index contributed by atoms with van der Waals surface area (Å²) < 4.78 is 10.4. The lowest BCUT2D eigenvalue weighted by Crippen LogP contribution is -2.43. The van der Waals surface area contributed by atoms with Crippen LogP contribution in [0.4, 0.5) is 10.5 Å². The summed E-state index contributed by atoms with van der Waals surface area (Å²) in [6, 6.07) is 26.1. The molecule has 0 bridgehead atoms. The fraction of sp³-hybridized carbons (Fsp3) is 0.167. The second-order valence-corrected chi connectivity index (χ2v) is 6.72. The van der Waals surface area contributed by atoms with Crippen molar-refractivity contribution in [2.24, 2.45) is 5.73 Å². The smallest absolute Gasteiger partial charge is 0.405 e. The summed E-state index contributed by atoms with van der Waals surface area (Å²) in [4.78, 5) is 26.6. The largest absolute Gasteiger partial charge is 0.497 e. The van der Waals surface area contributed by atoms with E-state index in [1.165, 1.54) is 0 Å². The van der Waals surface area contributed by atoms with Crippen LogP contribution < -0.4 is 15.4 Å². The Hall–Kier alpha value is -3.80. The molecule has 0 saturated heterocycles. The van der Waals surface area contributed by atoms with E-state index in [4.69, 9.17) is 15.2 Å². The Morgan fingerprint density at radius 2 is 1.43 bits per heavy atom. The summed E-state index contributed by atoms with van der Waals surface area (Å²) in [6.07, 6.45) is -1.81. The van der Waals surface area contributed by atoms with E-state index in [0.29, 0.717) is 18.0 Å². The van der Waals surface area contributed by atoms with Gasteiger partial charge >= 0.3 is 6.09 Å². The van der Waals surface area contributed by atoms with Gasteiger partial charge in [-0.05, 0) is 35.4 Å². The number of anilines is 1. The van der Waals surface area contributed by atoms with Gasteiger partial charge in [0.05, 0.1) is 13.7 Å². The monoisotopic (exact) mass is 404 g/mol. The van der Waals surface area contributed by atoms with E-state index in [1.54, 1.807) is 36.3 Å². The zero-order valence-electron chi connectivity index (χ0n) is 16.7. The SMILES string of the molecule is COc1ccc(N(Cc2ccccc2)C(=O)C(Cc2ccccc2)OC(N)=O)cc1. The number of hydrogen-bond donors (Lipinski definition) is 1. The van der Waals surface area contributed by atoms with Crippen LogP contribution in [0.5, 0.6) is 5.75 Å². The zero-order valence-corrected chi connectivity index (χ0v) is 16.7. The number of benzene rings is 3. The van der Waals surface area contributed by atoms with Crippen molar-refractivity contribution in [3.05, 3.63) is 96.1 Å². The summed E-state index contributed by atoms with van der Waals surface area (Å²) in [7, 11) is 1.58. The summed E-state index contributed by atoms with van der Waals surface area (Å²) in [6.45, 7) is 0.319. The van der Waals surface area contributed by atoms with Crippen molar-refractivity contribution in [3.63, 3.8) is 0 Å². The Kier molecular flexibility index (Phi) is 7.05. The standard InChI is InChI=1S/C24H24N2O4/c1-29-21-14-12-20(13-15-21)26(17-19-10-6-3-7-11-19)23(27)22(30-24(25)28)16-18-8-4-2-5-9-18/h2-15,22H,16-17H2,1H3,(H2,25,28). The Morgan fingerprint density at radius 1 is 0.867 bits per heavy atom. The topological polar surface area (TPSA) is 81.9 Å². The molecule has 0 spiro atoms. The first-order chi connectivity index (χ1) is 14.6. The van der Waals surface area contributed by atoms with Crippen LogP contribution in [0.1, 0.15) is 11.1 Å². The molecular formula is C24H24N2O4. The van der Waals surface area contributed by atoms with E-state index in [1.807, 2.05) is 60.7 Å². The number of amides is 2. The van der Waals surface area contributed by atoms with E-state index in [0.717, 1.165) is 11.1 Å². The van der Waals surface area contributed by atoms with Crippen molar-refractivity contribution in [3.8, 4) is 5.75 Å². The lowest BCUT2D eigenvalue weighted by atomic mass is 10.1. The fourth-order valence-electron chi connectivity index (χ4n) is 3.15. The molecule has 0 radical (unpaired) electrons. The van der Waals surface area contributed by atoms with Crippen LogP contribution in [0, 0.1) is 0 Å². The number of hydrogen-bond acceptors (Lipinski definition) is 4. The molecule has 6 nitrogen and oxygen atoms in total. The van der Waals surface area contributed by atoms with Gasteiger partial charge in [-0.15, -0.1) is 0 Å². The van der Waals surface area contributed by atoms with Gasteiger partial charge in [0, 0.05) is 12.1 Å². The Labute approximate surface area is 175 Å². The van der Waals surface area contributed by atoms with Crippen molar-refractivity contribution in [1.82, 2.24) is 0 Å². The summed E-state index contributed by atoms with van der Waals surface area (Å²) in [5.41, 5.74) is 7.74. The highest BCUT2D eigenvalue weighted by molar-refractivity contribution is 5.97. The first kappa shape index (κ1) is 20.9. The molecule has 0 saturated carbocycles. The van der Waals surface area contributed by atoms with Gasteiger partial charge in [-0.2, -0.15) is 0 Å². The minimum Gasteiger partial charge on any atom is -0.497 e. The minimum atomic E-state index is -1.05. The predicted molar refractivity (Wildman–Crippen MR) is 115 cm³/mol. The highest BCUT2D eigenvalue weighted by Gasteiger charge is 2.29. The first-order valence-corrected chi connectivity index (χ1v) is 9.56. The van der Waals surface area contributed by atoms with Crippen molar-refractivity contribution < 1.29 is 19.1 Å². The van der Waals surface area contributed by atoms with Crippen molar-refractivity contribution in [2.75, 3.05) is 12.0 Å². The Bertz CT molecular complexity index is 960. The molecule has 0 fully saturated rings. The highest BCUT2D eigenvalue weighted by atomic mass is 16.6. The lowest BCUT2D eigenvalue weighted by Gasteiger charge is -2.27. The van der Waals surface area contributed by atoms with Crippen LogP contribution in [0.3, 0.4) is 0 Å². The van der Waals surface area contributed by atoms with Crippen LogP contribution in [0.2, 0.25) is 0 Å². The number of methoxy groups -OCH3 is 1. The molecule has 1 unspecified atom stereocenters. The molecule has 6 heteroatoms. The van der Waals surface area contributed by atoms with E-state index in [2.05, 4.69) is 0 Å². The lowest BCUT2D eigenvalue weighted by molar-refractivity contribution is -0.126. The number of primary amides is 1. The molecule has 0 aliphatic carbocycles. The molecule has 154 valence electrons. The van der Waals surface area contributed by atoms with Crippen LogP contribution in [-0.2, 0) is 22.5 Å². The third-order valence-electron chi connectivity index (χ3n) is 4.63. The maximum atomic E-state index is 13.5. The molecule has 2 N–H and O–H groups in total. The van der Waals surface area contributed by atoms with Gasteiger partial charge in [-0.3, -0.25) is 4.79 Å². The summed E-state index contributed by atoms with van der Waals surface area (Å²) >= 11 is 0. The molecule has 3 rings (SSSR count). The van der Waals surface area contributed by atoms with Crippen LogP contribution >= 0.6 is 0 Å². The van der Waals surface area contributed by atoms with E-state index in [-0.39, 0.29) is 12.3 Å². The number of ether oxygens (including phenoxy) is 2. The molecule has 1 atom stereocenters. The van der Waals surface area contributed by atoms with Gasteiger partial charge in [-0.25, -0.2) is 4.79 Å². The van der Waals surface area contributed by atoms with Gasteiger partial charge in [0.25, 0.3) is 5.91 Å². The molecule has 0 aliphatic rings. The summed E-state index contributed by atoms with van der Waals surface area (Å²) in [5.74, 6) is 0.326. The molecule has 0 heterocycles. The van der Waals surface area contributed by atoms with Crippen LogP contribution in [0.15, 0.2) is 84.9 Å². The third-order valence-corrected chi connectivity index (χ3v) is 4.63. The molecule has 2 amide bonds. The van der Waals surface area contributed by atoms with Gasteiger partial charge < -0.3 is 20.1 Å². The number of carbonyl (C=O) groups is 2. The average molecular weight is 404 g/mol. The summed E-state index contributed by atoms with van der Waals surface area (Å²) in [5, 5.41) is 0. The second-order valence-electron chi connectivity index (χ2n) is 6.72. The normalized spacial score (nSPS) is 11.4. The number of rotatable bonds is 8. The first-order valence-electron chi connectivity index (χ1n) is 9.56.